The summed E-state index contributed by atoms with van der Waals surface area (Å²) in [6, 6.07) is 7.57. The summed E-state index contributed by atoms with van der Waals surface area (Å²) >= 11 is 0. The smallest absolute Gasteiger partial charge is 0.274 e. The first-order valence-corrected chi connectivity index (χ1v) is 8.10. The van der Waals surface area contributed by atoms with Gasteiger partial charge in [-0.15, -0.1) is 24.8 Å². The van der Waals surface area contributed by atoms with Crippen LogP contribution in [-0.4, -0.2) is 53.1 Å². The van der Waals surface area contributed by atoms with Crippen LogP contribution in [0.15, 0.2) is 30.5 Å². The fraction of sp³-hybridized carbons (Fsp3) is 0.471. The zero-order valence-electron chi connectivity index (χ0n) is 14.0. The number of hydrogen-bond acceptors (Lipinski definition) is 5. The molecular formula is C17H24Cl2N4O2. The number of carbonyl (C=O) groups is 1. The second-order valence-corrected chi connectivity index (χ2v) is 5.75. The van der Waals surface area contributed by atoms with Crippen LogP contribution in [0.2, 0.25) is 0 Å². The van der Waals surface area contributed by atoms with Gasteiger partial charge < -0.3 is 15.4 Å². The highest BCUT2D eigenvalue weighted by Gasteiger charge is 2.25. The first-order chi connectivity index (χ1) is 11.3. The predicted molar refractivity (Wildman–Crippen MR) is 103 cm³/mol. The number of ether oxygens (including phenoxy) is 1. The number of halogens is 2. The topological polar surface area (TPSA) is 81.3 Å². The molecule has 1 aromatic carbocycles. The van der Waals surface area contributed by atoms with Gasteiger partial charge in [0.25, 0.3) is 5.91 Å². The van der Waals surface area contributed by atoms with Crippen molar-refractivity contribution < 1.29 is 9.53 Å². The van der Waals surface area contributed by atoms with Crippen molar-refractivity contribution in [2.75, 3.05) is 26.2 Å². The van der Waals surface area contributed by atoms with Crippen LogP contribution in [-0.2, 0) is 4.74 Å². The molecule has 2 heterocycles. The van der Waals surface area contributed by atoms with E-state index in [1.165, 1.54) is 0 Å². The van der Waals surface area contributed by atoms with Crippen molar-refractivity contribution in [2.24, 2.45) is 5.73 Å². The highest BCUT2D eigenvalue weighted by atomic mass is 35.5. The lowest BCUT2D eigenvalue weighted by Gasteiger charge is -2.31. The van der Waals surface area contributed by atoms with E-state index in [1.54, 1.807) is 6.20 Å². The van der Waals surface area contributed by atoms with E-state index in [4.69, 9.17) is 10.5 Å². The van der Waals surface area contributed by atoms with Gasteiger partial charge in [-0.3, -0.25) is 9.78 Å². The van der Waals surface area contributed by atoms with Gasteiger partial charge in [-0.2, -0.15) is 0 Å². The fourth-order valence-electron chi connectivity index (χ4n) is 2.78. The Balaban J connectivity index is 0.00000156. The Morgan fingerprint density at radius 2 is 1.88 bits per heavy atom. The standard InChI is InChI=1S/C17H22N4O2.2ClH/c18-8-3-11-23-13-6-9-21(10-7-13)17(22)16-12-19-14-4-1-2-5-15(14)20-16;;/h1-2,4-5,12-13H,3,6-11,18H2;2*1H. The van der Waals surface area contributed by atoms with Crippen molar-refractivity contribution in [3.8, 4) is 0 Å². The molecule has 1 amide bonds. The highest BCUT2D eigenvalue weighted by molar-refractivity contribution is 5.93. The molecule has 0 atom stereocenters. The molecule has 0 unspecified atom stereocenters. The van der Waals surface area contributed by atoms with Crippen molar-refractivity contribution in [1.82, 2.24) is 14.9 Å². The number of nitrogens with zero attached hydrogens (tertiary/aromatic N) is 3. The van der Waals surface area contributed by atoms with E-state index < -0.39 is 0 Å². The van der Waals surface area contributed by atoms with Crippen LogP contribution in [0, 0.1) is 0 Å². The zero-order chi connectivity index (χ0) is 16.1. The monoisotopic (exact) mass is 386 g/mol. The average Bonchev–Trinajstić information content (AvgIpc) is 2.61. The minimum absolute atomic E-state index is 0. The van der Waals surface area contributed by atoms with Crippen LogP contribution < -0.4 is 5.73 Å². The van der Waals surface area contributed by atoms with Crippen LogP contribution in [0.25, 0.3) is 11.0 Å². The first kappa shape index (κ1) is 21.6. The number of aromatic nitrogens is 2. The van der Waals surface area contributed by atoms with Crippen molar-refractivity contribution in [3.05, 3.63) is 36.2 Å². The quantitative estimate of drug-likeness (QED) is 0.797. The summed E-state index contributed by atoms with van der Waals surface area (Å²) in [6.45, 7) is 2.74. The molecule has 1 aliphatic heterocycles. The molecule has 1 fully saturated rings. The lowest BCUT2D eigenvalue weighted by molar-refractivity contribution is 0.00829. The number of hydrogen-bond donors (Lipinski definition) is 1. The Hall–Kier alpha value is -1.47. The minimum atomic E-state index is -0.0522. The van der Waals surface area contributed by atoms with Gasteiger partial charge in [-0.1, -0.05) is 12.1 Å². The summed E-state index contributed by atoms with van der Waals surface area (Å²) in [5.41, 5.74) is 7.42. The van der Waals surface area contributed by atoms with Crippen LogP contribution in [0.4, 0.5) is 0 Å². The van der Waals surface area contributed by atoms with Crippen molar-refractivity contribution in [3.63, 3.8) is 0 Å². The molecule has 1 aliphatic rings. The van der Waals surface area contributed by atoms with E-state index in [-0.39, 0.29) is 36.8 Å². The summed E-state index contributed by atoms with van der Waals surface area (Å²) in [6.07, 6.45) is 4.39. The van der Waals surface area contributed by atoms with Gasteiger partial charge in [0.1, 0.15) is 5.69 Å². The number of rotatable bonds is 5. The molecule has 2 aromatic rings. The van der Waals surface area contributed by atoms with Gasteiger partial charge in [0.05, 0.1) is 23.3 Å². The van der Waals surface area contributed by atoms with E-state index in [0.29, 0.717) is 31.9 Å². The largest absolute Gasteiger partial charge is 0.378 e. The van der Waals surface area contributed by atoms with Crippen LogP contribution in [0.3, 0.4) is 0 Å². The molecule has 3 rings (SSSR count). The lowest BCUT2D eigenvalue weighted by Crippen LogP contribution is -2.41. The van der Waals surface area contributed by atoms with Crippen LogP contribution in [0.1, 0.15) is 29.8 Å². The van der Waals surface area contributed by atoms with Gasteiger partial charge in [-0.05, 0) is 37.9 Å². The van der Waals surface area contributed by atoms with E-state index in [9.17, 15) is 4.79 Å². The normalized spacial score (nSPS) is 14.7. The van der Waals surface area contributed by atoms with Crippen LogP contribution >= 0.6 is 24.8 Å². The summed E-state index contributed by atoms with van der Waals surface area (Å²) < 4.78 is 5.77. The van der Waals surface area contributed by atoms with Crippen LogP contribution in [0.5, 0.6) is 0 Å². The molecule has 2 N–H and O–H groups in total. The molecule has 1 aromatic heterocycles. The lowest BCUT2D eigenvalue weighted by atomic mass is 10.1. The SMILES string of the molecule is Cl.Cl.NCCCOC1CCN(C(=O)c2cnc3ccccc3n2)CC1. The summed E-state index contributed by atoms with van der Waals surface area (Å²) in [5, 5.41) is 0. The van der Waals surface area contributed by atoms with Gasteiger partial charge >= 0.3 is 0 Å². The number of amides is 1. The third-order valence-electron chi connectivity index (χ3n) is 4.10. The molecule has 138 valence electrons. The molecule has 0 bridgehead atoms. The molecule has 8 heteroatoms. The average molecular weight is 387 g/mol. The molecule has 0 saturated carbocycles. The van der Waals surface area contributed by atoms with E-state index in [0.717, 1.165) is 30.3 Å². The second kappa shape index (κ2) is 10.5. The Kier molecular flexibility index (Phi) is 9.06. The third kappa shape index (κ3) is 5.51. The maximum Gasteiger partial charge on any atom is 0.274 e. The molecule has 0 spiro atoms. The van der Waals surface area contributed by atoms with E-state index >= 15 is 0 Å². The molecule has 1 saturated heterocycles. The number of benzene rings is 1. The Morgan fingerprint density at radius 3 is 2.56 bits per heavy atom. The second-order valence-electron chi connectivity index (χ2n) is 5.75. The fourth-order valence-corrected chi connectivity index (χ4v) is 2.78. The number of para-hydroxylation sites is 2. The summed E-state index contributed by atoms with van der Waals surface area (Å²) in [4.78, 5) is 23.2. The van der Waals surface area contributed by atoms with Gasteiger partial charge in [0, 0.05) is 19.7 Å². The highest BCUT2D eigenvalue weighted by Crippen LogP contribution is 2.17. The van der Waals surface area contributed by atoms with E-state index in [2.05, 4.69) is 9.97 Å². The van der Waals surface area contributed by atoms with Crippen molar-refractivity contribution in [1.29, 1.82) is 0 Å². The maximum absolute atomic E-state index is 12.6. The minimum Gasteiger partial charge on any atom is -0.378 e. The van der Waals surface area contributed by atoms with Gasteiger partial charge in [-0.25, -0.2) is 4.98 Å². The number of fused-ring (bicyclic) bond motifs is 1. The molecule has 0 radical (unpaired) electrons. The predicted octanol–water partition coefficient (Wildman–Crippen LogP) is 2.44. The molecule has 0 aliphatic carbocycles. The van der Waals surface area contributed by atoms with E-state index in [1.807, 2.05) is 29.2 Å². The molecule has 6 nitrogen and oxygen atoms in total. The van der Waals surface area contributed by atoms with Gasteiger partial charge in [0.15, 0.2) is 0 Å². The van der Waals surface area contributed by atoms with Gasteiger partial charge in [0.2, 0.25) is 0 Å². The van der Waals surface area contributed by atoms with Crippen molar-refractivity contribution in [2.45, 2.75) is 25.4 Å². The Labute approximate surface area is 160 Å². The molecular weight excluding hydrogens is 363 g/mol. The maximum atomic E-state index is 12.6. The Morgan fingerprint density at radius 1 is 1.20 bits per heavy atom. The third-order valence-corrected chi connectivity index (χ3v) is 4.10. The number of carbonyl (C=O) groups excluding carboxylic acids is 1. The van der Waals surface area contributed by atoms with Crippen molar-refractivity contribution >= 4 is 41.8 Å². The first-order valence-electron chi connectivity index (χ1n) is 8.10. The zero-order valence-corrected chi connectivity index (χ0v) is 15.6. The number of nitrogens with two attached hydrogens (primary N) is 1. The Bertz CT molecular complexity index is 679. The summed E-state index contributed by atoms with van der Waals surface area (Å²) in [5.74, 6) is -0.0522. The summed E-state index contributed by atoms with van der Waals surface area (Å²) in [7, 11) is 0. The number of piperidine rings is 1. The molecule has 25 heavy (non-hydrogen) atoms. The number of likely N-dealkylation sites (tertiary alicyclic amines) is 1.